The molecule has 0 aliphatic heterocycles. The Balaban J connectivity index is 2.09. The van der Waals surface area contributed by atoms with Gasteiger partial charge in [0.25, 0.3) is 5.91 Å². The number of carbonyl (C=O) groups is 2. The second kappa shape index (κ2) is 6.54. The summed E-state index contributed by atoms with van der Waals surface area (Å²) in [5, 5.41) is 15.9. The van der Waals surface area contributed by atoms with Crippen molar-refractivity contribution in [1.29, 1.82) is 0 Å². The Morgan fingerprint density at radius 2 is 2.20 bits per heavy atom. The van der Waals surface area contributed by atoms with Crippen LogP contribution in [0.5, 0.6) is 0 Å². The van der Waals surface area contributed by atoms with E-state index in [-0.39, 0.29) is 11.9 Å². The van der Waals surface area contributed by atoms with Gasteiger partial charge in [0.1, 0.15) is 11.7 Å². The van der Waals surface area contributed by atoms with Crippen molar-refractivity contribution in [1.82, 2.24) is 15.1 Å². The monoisotopic (exact) mass is 279 g/mol. The van der Waals surface area contributed by atoms with Gasteiger partial charge in [0.05, 0.1) is 6.04 Å². The molecule has 1 amide bonds. The van der Waals surface area contributed by atoms with Crippen LogP contribution in [0.2, 0.25) is 0 Å². The Labute approximate surface area is 118 Å². The van der Waals surface area contributed by atoms with E-state index in [1.807, 2.05) is 6.92 Å². The molecule has 6 heteroatoms. The standard InChI is InChI=1S/C14H21N3O3/c1-2-5-11(14(19)20)16-13(18)12-8-9-15-17(12)10-6-3-4-7-10/h8-11H,2-7H2,1H3,(H,16,18)(H,19,20). The third-order valence-electron chi connectivity index (χ3n) is 3.75. The molecule has 20 heavy (non-hydrogen) atoms. The third-order valence-corrected chi connectivity index (χ3v) is 3.75. The molecule has 0 saturated heterocycles. The lowest BCUT2D eigenvalue weighted by Gasteiger charge is -2.16. The van der Waals surface area contributed by atoms with Crippen LogP contribution in [0.15, 0.2) is 12.3 Å². The van der Waals surface area contributed by atoms with E-state index in [9.17, 15) is 9.59 Å². The zero-order valence-electron chi connectivity index (χ0n) is 11.7. The van der Waals surface area contributed by atoms with Gasteiger partial charge in [-0.15, -0.1) is 0 Å². The zero-order valence-corrected chi connectivity index (χ0v) is 11.7. The number of nitrogens with one attached hydrogen (secondary N) is 1. The average Bonchev–Trinajstić information content (AvgIpc) is 3.08. The second-order valence-electron chi connectivity index (χ2n) is 5.25. The van der Waals surface area contributed by atoms with Crippen LogP contribution in [0.4, 0.5) is 0 Å². The highest BCUT2D eigenvalue weighted by Crippen LogP contribution is 2.29. The van der Waals surface area contributed by atoms with Crippen molar-refractivity contribution in [3.05, 3.63) is 18.0 Å². The highest BCUT2D eigenvalue weighted by Gasteiger charge is 2.25. The Morgan fingerprint density at radius 1 is 1.50 bits per heavy atom. The topological polar surface area (TPSA) is 84.2 Å². The first-order valence-corrected chi connectivity index (χ1v) is 7.20. The first kappa shape index (κ1) is 14.6. The molecular weight excluding hydrogens is 258 g/mol. The smallest absolute Gasteiger partial charge is 0.326 e. The molecule has 1 saturated carbocycles. The van der Waals surface area contributed by atoms with Crippen molar-refractivity contribution in [3.8, 4) is 0 Å². The number of rotatable bonds is 6. The molecule has 1 aliphatic carbocycles. The number of carboxylic acid groups (broad SMARTS) is 1. The van der Waals surface area contributed by atoms with E-state index in [0.717, 1.165) is 25.7 Å². The molecule has 1 fully saturated rings. The van der Waals surface area contributed by atoms with Gasteiger partial charge in [-0.05, 0) is 25.3 Å². The minimum Gasteiger partial charge on any atom is -0.480 e. The maximum Gasteiger partial charge on any atom is 0.326 e. The number of carboxylic acids is 1. The molecule has 2 N–H and O–H groups in total. The molecule has 1 aromatic heterocycles. The first-order chi connectivity index (χ1) is 9.63. The van der Waals surface area contributed by atoms with E-state index in [0.29, 0.717) is 18.5 Å². The van der Waals surface area contributed by atoms with Gasteiger partial charge in [0.15, 0.2) is 0 Å². The lowest BCUT2D eigenvalue weighted by Crippen LogP contribution is -2.41. The predicted octanol–water partition coefficient (Wildman–Crippen LogP) is 1.98. The summed E-state index contributed by atoms with van der Waals surface area (Å²) in [6.45, 7) is 1.89. The minimum atomic E-state index is -0.993. The minimum absolute atomic E-state index is 0.264. The number of hydrogen-bond donors (Lipinski definition) is 2. The van der Waals surface area contributed by atoms with Gasteiger partial charge in [-0.3, -0.25) is 9.48 Å². The van der Waals surface area contributed by atoms with E-state index in [2.05, 4.69) is 10.4 Å². The fourth-order valence-electron chi connectivity index (χ4n) is 2.71. The summed E-state index contributed by atoms with van der Waals surface area (Å²) in [7, 11) is 0. The number of amides is 1. The Hall–Kier alpha value is -1.85. The molecule has 1 aromatic rings. The highest BCUT2D eigenvalue weighted by atomic mass is 16.4. The first-order valence-electron chi connectivity index (χ1n) is 7.20. The van der Waals surface area contributed by atoms with Crippen LogP contribution in [0.25, 0.3) is 0 Å². The van der Waals surface area contributed by atoms with E-state index >= 15 is 0 Å². The zero-order chi connectivity index (χ0) is 14.5. The van der Waals surface area contributed by atoms with Crippen molar-refractivity contribution in [2.75, 3.05) is 0 Å². The Kier molecular flexibility index (Phi) is 4.76. The van der Waals surface area contributed by atoms with Crippen molar-refractivity contribution in [3.63, 3.8) is 0 Å². The summed E-state index contributed by atoms with van der Waals surface area (Å²) in [5.74, 6) is -1.35. The number of aliphatic carboxylic acids is 1. The van der Waals surface area contributed by atoms with Gasteiger partial charge >= 0.3 is 5.97 Å². The van der Waals surface area contributed by atoms with E-state index in [1.165, 1.54) is 0 Å². The quantitative estimate of drug-likeness (QED) is 0.834. The Bertz CT molecular complexity index is 478. The number of nitrogens with zero attached hydrogens (tertiary/aromatic N) is 2. The normalized spacial score (nSPS) is 17.1. The molecule has 1 heterocycles. The van der Waals surface area contributed by atoms with Gasteiger partial charge in [-0.25, -0.2) is 4.79 Å². The van der Waals surface area contributed by atoms with Crippen molar-refractivity contribution >= 4 is 11.9 Å². The molecule has 0 spiro atoms. The van der Waals surface area contributed by atoms with Crippen LogP contribution >= 0.6 is 0 Å². The average molecular weight is 279 g/mol. The van der Waals surface area contributed by atoms with Gasteiger partial charge in [0.2, 0.25) is 0 Å². The molecule has 110 valence electrons. The number of aromatic nitrogens is 2. The van der Waals surface area contributed by atoms with Crippen LogP contribution in [-0.4, -0.2) is 32.8 Å². The summed E-state index contributed by atoms with van der Waals surface area (Å²) in [6.07, 6.45) is 7.09. The van der Waals surface area contributed by atoms with Gasteiger partial charge in [-0.2, -0.15) is 5.10 Å². The van der Waals surface area contributed by atoms with Crippen LogP contribution in [0.3, 0.4) is 0 Å². The molecule has 2 rings (SSSR count). The fraction of sp³-hybridized carbons (Fsp3) is 0.643. The van der Waals surface area contributed by atoms with Gasteiger partial charge in [0, 0.05) is 6.20 Å². The largest absolute Gasteiger partial charge is 0.480 e. The van der Waals surface area contributed by atoms with Crippen molar-refractivity contribution in [2.24, 2.45) is 0 Å². The molecule has 6 nitrogen and oxygen atoms in total. The molecular formula is C14H21N3O3. The summed E-state index contributed by atoms with van der Waals surface area (Å²) in [6, 6.07) is 1.08. The maximum absolute atomic E-state index is 12.2. The maximum atomic E-state index is 12.2. The third kappa shape index (κ3) is 3.18. The molecule has 1 atom stereocenters. The van der Waals surface area contributed by atoms with Crippen LogP contribution in [0, 0.1) is 0 Å². The Morgan fingerprint density at radius 3 is 2.80 bits per heavy atom. The molecule has 0 bridgehead atoms. The number of hydrogen-bond acceptors (Lipinski definition) is 3. The number of carbonyl (C=O) groups excluding carboxylic acids is 1. The van der Waals surface area contributed by atoms with E-state index in [4.69, 9.17) is 5.11 Å². The fourth-order valence-corrected chi connectivity index (χ4v) is 2.71. The summed E-state index contributed by atoms with van der Waals surface area (Å²) < 4.78 is 1.74. The van der Waals surface area contributed by atoms with Crippen LogP contribution in [-0.2, 0) is 4.79 Å². The van der Waals surface area contributed by atoms with Crippen molar-refractivity contribution < 1.29 is 14.7 Å². The lowest BCUT2D eigenvalue weighted by atomic mass is 10.1. The molecule has 1 aliphatic rings. The lowest BCUT2D eigenvalue weighted by molar-refractivity contribution is -0.139. The molecule has 0 aromatic carbocycles. The predicted molar refractivity (Wildman–Crippen MR) is 73.5 cm³/mol. The van der Waals surface area contributed by atoms with E-state index < -0.39 is 12.0 Å². The SMILES string of the molecule is CCCC(NC(=O)c1ccnn1C1CCCC1)C(=O)O. The van der Waals surface area contributed by atoms with Gasteiger partial charge in [-0.1, -0.05) is 26.2 Å². The van der Waals surface area contributed by atoms with Gasteiger partial charge < -0.3 is 10.4 Å². The summed E-state index contributed by atoms with van der Waals surface area (Å²) >= 11 is 0. The highest BCUT2D eigenvalue weighted by molar-refractivity contribution is 5.95. The summed E-state index contributed by atoms with van der Waals surface area (Å²) in [4.78, 5) is 23.3. The van der Waals surface area contributed by atoms with Crippen molar-refractivity contribution in [2.45, 2.75) is 57.5 Å². The second-order valence-corrected chi connectivity index (χ2v) is 5.25. The van der Waals surface area contributed by atoms with Crippen LogP contribution < -0.4 is 5.32 Å². The molecule has 0 radical (unpaired) electrons. The van der Waals surface area contributed by atoms with E-state index in [1.54, 1.807) is 16.9 Å². The molecule has 1 unspecified atom stereocenters. The van der Waals surface area contributed by atoms with Crippen LogP contribution in [0.1, 0.15) is 62.0 Å². The summed E-state index contributed by atoms with van der Waals surface area (Å²) in [5.41, 5.74) is 0.458.